The Morgan fingerprint density at radius 3 is 2.88 bits per heavy atom. The number of thiophene rings is 1. The van der Waals surface area contributed by atoms with Crippen LogP contribution in [0.2, 0.25) is 0 Å². The van der Waals surface area contributed by atoms with Crippen LogP contribution in [0, 0.1) is 6.92 Å². The van der Waals surface area contributed by atoms with Crippen LogP contribution in [0.4, 0.5) is 0 Å². The summed E-state index contributed by atoms with van der Waals surface area (Å²) in [6, 6.07) is 12.2. The van der Waals surface area contributed by atoms with Crippen molar-refractivity contribution in [2.24, 2.45) is 7.05 Å². The number of carbonyl (C=O) groups is 1. The fourth-order valence-corrected chi connectivity index (χ4v) is 7.01. The Labute approximate surface area is 234 Å². The number of nitrogens with zero attached hydrogens (tertiary/aromatic N) is 5. The zero-order valence-corrected chi connectivity index (χ0v) is 23.1. The third-order valence-corrected chi connectivity index (χ3v) is 9.30. The Hall–Kier alpha value is -4.02. The molecule has 7 rings (SSSR count). The van der Waals surface area contributed by atoms with Crippen molar-refractivity contribution in [1.82, 2.24) is 24.9 Å². The molecular formula is C30H29N5O4S. The molecule has 2 N–H and O–H groups in total. The normalized spacial score (nSPS) is 17.1. The van der Waals surface area contributed by atoms with Crippen molar-refractivity contribution >= 4 is 38.4 Å². The Kier molecular flexibility index (Phi) is 5.79. The fourth-order valence-electron chi connectivity index (χ4n) is 6.12. The first-order chi connectivity index (χ1) is 19.3. The van der Waals surface area contributed by atoms with Gasteiger partial charge in [-0.3, -0.25) is 9.69 Å². The van der Waals surface area contributed by atoms with Crippen LogP contribution in [-0.2, 0) is 24.9 Å². The maximum absolute atomic E-state index is 12.1. The number of rotatable bonds is 6. The summed E-state index contributed by atoms with van der Waals surface area (Å²) in [5, 5.41) is 32.2. The van der Waals surface area contributed by atoms with Gasteiger partial charge in [-0.25, -0.2) is 9.67 Å². The molecule has 0 amide bonds. The van der Waals surface area contributed by atoms with Gasteiger partial charge in [-0.15, -0.1) is 16.4 Å². The van der Waals surface area contributed by atoms with E-state index in [4.69, 9.17) is 4.74 Å². The second-order valence-corrected chi connectivity index (χ2v) is 12.0. The molecule has 204 valence electrons. The number of aryl methyl sites for hydroxylation is 2. The van der Waals surface area contributed by atoms with E-state index in [-0.39, 0.29) is 23.8 Å². The van der Waals surface area contributed by atoms with Crippen LogP contribution in [0.25, 0.3) is 21.1 Å². The summed E-state index contributed by atoms with van der Waals surface area (Å²) in [5.74, 6) is -0.482. The molecule has 1 fully saturated rings. The van der Waals surface area contributed by atoms with Gasteiger partial charge in [0.15, 0.2) is 0 Å². The molecule has 4 heterocycles. The van der Waals surface area contributed by atoms with Gasteiger partial charge in [0.05, 0.1) is 17.5 Å². The van der Waals surface area contributed by atoms with Gasteiger partial charge >= 0.3 is 5.97 Å². The number of fused-ring (bicyclic) bond motifs is 3. The van der Waals surface area contributed by atoms with Gasteiger partial charge in [-0.1, -0.05) is 17.3 Å². The highest BCUT2D eigenvalue weighted by molar-refractivity contribution is 7.17. The van der Waals surface area contributed by atoms with Crippen LogP contribution in [0.1, 0.15) is 53.0 Å². The summed E-state index contributed by atoms with van der Waals surface area (Å²) in [4.78, 5) is 18.6. The van der Waals surface area contributed by atoms with Gasteiger partial charge < -0.3 is 14.9 Å². The Balaban J connectivity index is 1.31. The first-order valence-corrected chi connectivity index (χ1v) is 14.3. The molecule has 1 saturated carbocycles. The minimum absolute atomic E-state index is 0.00613. The molecule has 2 aromatic carbocycles. The number of aromatic nitrogens is 4. The number of ether oxygens (including phenoxy) is 1. The maximum Gasteiger partial charge on any atom is 0.304 e. The summed E-state index contributed by atoms with van der Waals surface area (Å²) in [5.41, 5.74) is 6.18. The van der Waals surface area contributed by atoms with E-state index in [1.165, 1.54) is 4.70 Å². The lowest BCUT2D eigenvalue weighted by molar-refractivity contribution is -0.137. The van der Waals surface area contributed by atoms with Crippen molar-refractivity contribution in [2.75, 3.05) is 6.54 Å². The zero-order chi connectivity index (χ0) is 27.6. The Morgan fingerprint density at radius 1 is 1.23 bits per heavy atom. The van der Waals surface area contributed by atoms with Crippen molar-refractivity contribution in [2.45, 2.75) is 50.8 Å². The number of carboxylic acids is 1. The molecule has 5 aromatic rings. The van der Waals surface area contributed by atoms with Crippen LogP contribution in [-0.4, -0.2) is 53.2 Å². The monoisotopic (exact) mass is 555 g/mol. The molecule has 0 saturated heterocycles. The highest BCUT2D eigenvalue weighted by Gasteiger charge is 2.49. The first kappa shape index (κ1) is 25.0. The highest BCUT2D eigenvalue weighted by atomic mass is 32.1. The third kappa shape index (κ3) is 4.28. The largest absolute Gasteiger partial charge is 0.493 e. The van der Waals surface area contributed by atoms with E-state index in [0.717, 1.165) is 58.1 Å². The fraction of sp³-hybridized carbons (Fsp3) is 0.333. The molecule has 1 aliphatic carbocycles. The molecule has 2 aliphatic rings. The molecule has 3 aromatic heterocycles. The summed E-state index contributed by atoms with van der Waals surface area (Å²) in [6.45, 7) is 3.91. The standard InChI is InChI=1S/C30H29N5O4S/c1-17-21(3-4-24-27(17)32-33-34(24)2)22(13-26(36)37)19-11-18-6-10-40-28(18)20(12-19)14-35-15-23-25(5-9-31-29(23)38)39-30(16-35)7-8-30/h3-6,9-12,22H,7-8,13-16H2,1-2H3,(H,31,38)(H,36,37)/t22-/m0/s1. The van der Waals surface area contributed by atoms with Crippen LogP contribution in [0.3, 0.4) is 0 Å². The van der Waals surface area contributed by atoms with E-state index >= 15 is 0 Å². The number of aromatic hydroxyl groups is 1. The van der Waals surface area contributed by atoms with Gasteiger partial charge in [-0.05, 0) is 77.1 Å². The van der Waals surface area contributed by atoms with Crippen molar-refractivity contribution in [1.29, 1.82) is 0 Å². The van der Waals surface area contributed by atoms with E-state index in [0.29, 0.717) is 24.4 Å². The lowest BCUT2D eigenvalue weighted by Gasteiger charge is -2.25. The Morgan fingerprint density at radius 2 is 2.08 bits per heavy atom. The number of carboxylic acid groups (broad SMARTS) is 1. The van der Waals surface area contributed by atoms with Crippen molar-refractivity contribution in [3.05, 3.63) is 75.8 Å². The lowest BCUT2D eigenvalue weighted by atomic mass is 9.84. The third-order valence-electron chi connectivity index (χ3n) is 8.30. The van der Waals surface area contributed by atoms with Gasteiger partial charge in [0, 0.05) is 43.5 Å². The second-order valence-electron chi connectivity index (χ2n) is 11.1. The first-order valence-electron chi connectivity index (χ1n) is 13.4. The summed E-state index contributed by atoms with van der Waals surface area (Å²) in [7, 11) is 1.85. The molecule has 1 spiro atoms. The summed E-state index contributed by atoms with van der Waals surface area (Å²) >= 11 is 1.69. The van der Waals surface area contributed by atoms with Gasteiger partial charge in [0.1, 0.15) is 16.9 Å². The zero-order valence-electron chi connectivity index (χ0n) is 22.3. The number of hydrogen-bond acceptors (Lipinski definition) is 8. The number of aliphatic carboxylic acids is 1. The molecule has 1 aliphatic heterocycles. The van der Waals surface area contributed by atoms with E-state index in [9.17, 15) is 15.0 Å². The van der Waals surface area contributed by atoms with Crippen LogP contribution < -0.4 is 4.74 Å². The highest BCUT2D eigenvalue weighted by Crippen LogP contribution is 2.46. The Bertz CT molecular complexity index is 1790. The van der Waals surface area contributed by atoms with E-state index in [1.807, 2.05) is 32.2 Å². The number of hydrogen-bond donors (Lipinski definition) is 2. The minimum atomic E-state index is -0.851. The molecule has 40 heavy (non-hydrogen) atoms. The van der Waals surface area contributed by atoms with Gasteiger partial charge in [0.2, 0.25) is 5.88 Å². The van der Waals surface area contributed by atoms with Crippen molar-refractivity contribution in [3.63, 3.8) is 0 Å². The van der Waals surface area contributed by atoms with Gasteiger partial charge in [0.25, 0.3) is 0 Å². The summed E-state index contributed by atoms with van der Waals surface area (Å²) < 4.78 is 9.29. The topological polar surface area (TPSA) is 114 Å². The number of benzene rings is 2. The molecule has 9 nitrogen and oxygen atoms in total. The predicted molar refractivity (Wildman–Crippen MR) is 152 cm³/mol. The van der Waals surface area contributed by atoms with E-state index in [2.05, 4.69) is 43.8 Å². The van der Waals surface area contributed by atoms with Crippen LogP contribution >= 0.6 is 11.3 Å². The predicted octanol–water partition coefficient (Wildman–Crippen LogP) is 5.13. The lowest BCUT2D eigenvalue weighted by Crippen LogP contribution is -2.34. The van der Waals surface area contributed by atoms with Gasteiger partial charge in [-0.2, -0.15) is 0 Å². The number of pyridine rings is 1. The molecule has 1 atom stereocenters. The molecule has 0 unspecified atom stereocenters. The minimum Gasteiger partial charge on any atom is -0.493 e. The second kappa shape index (κ2) is 9.28. The van der Waals surface area contributed by atoms with Crippen LogP contribution in [0.15, 0.2) is 48.0 Å². The average molecular weight is 556 g/mol. The smallest absolute Gasteiger partial charge is 0.304 e. The average Bonchev–Trinajstić information content (AvgIpc) is 3.35. The van der Waals surface area contributed by atoms with Crippen molar-refractivity contribution in [3.8, 4) is 11.6 Å². The SMILES string of the molecule is Cc1c([C@@H](CC(=O)O)c2cc(CN3Cc4c(ccnc4O)OC4(CC4)C3)c3sccc3c2)ccc2c1nnn2C. The van der Waals surface area contributed by atoms with E-state index < -0.39 is 5.97 Å². The maximum atomic E-state index is 12.1. The molecular weight excluding hydrogens is 526 g/mol. The quantitative estimate of drug-likeness (QED) is 0.297. The molecule has 0 bridgehead atoms. The van der Waals surface area contributed by atoms with Crippen molar-refractivity contribution < 1.29 is 19.7 Å². The van der Waals surface area contributed by atoms with E-state index in [1.54, 1.807) is 22.2 Å². The molecule has 0 radical (unpaired) electrons. The summed E-state index contributed by atoms with van der Waals surface area (Å²) in [6.07, 6.45) is 3.51. The molecule has 10 heteroatoms. The van der Waals surface area contributed by atoms with Crippen LogP contribution in [0.5, 0.6) is 11.6 Å².